The molecule has 2 aromatic carbocycles. The van der Waals surface area contributed by atoms with Gasteiger partial charge in [-0.1, -0.05) is 50.2 Å². The summed E-state index contributed by atoms with van der Waals surface area (Å²) in [5, 5.41) is 9.85. The lowest BCUT2D eigenvalue weighted by atomic mass is 9.68. The van der Waals surface area contributed by atoms with E-state index in [2.05, 4.69) is 18.8 Å². The first-order valence-electron chi connectivity index (χ1n) is 10.6. The summed E-state index contributed by atoms with van der Waals surface area (Å²) in [7, 11) is 1.59. The van der Waals surface area contributed by atoms with Crippen LogP contribution in [0, 0.1) is 5.41 Å². The van der Waals surface area contributed by atoms with Crippen molar-refractivity contribution < 1.29 is 19.4 Å². The molecule has 1 N–H and O–H groups in total. The molecule has 4 rings (SSSR count). The van der Waals surface area contributed by atoms with Crippen molar-refractivity contribution in [2.24, 2.45) is 10.4 Å². The van der Waals surface area contributed by atoms with Gasteiger partial charge >= 0.3 is 5.97 Å². The molecule has 5 heteroatoms. The van der Waals surface area contributed by atoms with Gasteiger partial charge in [0.15, 0.2) is 6.04 Å². The van der Waals surface area contributed by atoms with Crippen LogP contribution in [0.15, 0.2) is 59.1 Å². The topological polar surface area (TPSA) is 76.0 Å². The maximum Gasteiger partial charge on any atom is 0.328 e. The molecule has 2 aliphatic carbocycles. The number of ether oxygens (including phenoxy) is 1. The minimum atomic E-state index is -1.04. The summed E-state index contributed by atoms with van der Waals surface area (Å²) in [6.45, 7) is 4.45. The van der Waals surface area contributed by atoms with Crippen LogP contribution in [0.1, 0.15) is 49.8 Å². The van der Waals surface area contributed by atoms with Gasteiger partial charge in [-0.05, 0) is 53.5 Å². The second-order valence-electron chi connectivity index (χ2n) is 9.06. The number of Topliss-reactive ketones (excluding diaryl/α,β-unsaturated/α-hetero) is 1. The highest BCUT2D eigenvalue weighted by atomic mass is 16.5. The molecule has 0 fully saturated rings. The first-order valence-corrected chi connectivity index (χ1v) is 10.6. The number of carbonyl (C=O) groups excluding carboxylic acids is 1. The fraction of sp³-hybridized carbons (Fsp3) is 0.346. The van der Waals surface area contributed by atoms with E-state index in [1.54, 1.807) is 19.2 Å². The van der Waals surface area contributed by atoms with Crippen molar-refractivity contribution in [1.82, 2.24) is 0 Å². The van der Waals surface area contributed by atoms with E-state index in [4.69, 9.17) is 4.74 Å². The SMILES string of the molecule is COc1ccc(CC(/N=C2\C(=O)C3=C(CC(C)(C)CC3)c3ccccc32)C(=O)O)cc1. The Morgan fingerprint density at radius 3 is 2.42 bits per heavy atom. The van der Waals surface area contributed by atoms with Gasteiger partial charge < -0.3 is 9.84 Å². The number of carboxylic acids is 1. The zero-order chi connectivity index (χ0) is 22.2. The lowest BCUT2D eigenvalue weighted by Crippen LogP contribution is -2.32. The van der Waals surface area contributed by atoms with E-state index in [9.17, 15) is 14.7 Å². The highest BCUT2D eigenvalue weighted by Gasteiger charge is 2.37. The second kappa shape index (κ2) is 8.14. The van der Waals surface area contributed by atoms with E-state index in [1.807, 2.05) is 36.4 Å². The summed E-state index contributed by atoms with van der Waals surface area (Å²) < 4.78 is 5.17. The Morgan fingerprint density at radius 2 is 1.77 bits per heavy atom. The van der Waals surface area contributed by atoms with Gasteiger partial charge in [0, 0.05) is 17.6 Å². The monoisotopic (exact) mass is 417 g/mol. The van der Waals surface area contributed by atoms with Crippen LogP contribution < -0.4 is 4.74 Å². The Morgan fingerprint density at radius 1 is 1.10 bits per heavy atom. The van der Waals surface area contributed by atoms with Gasteiger partial charge in [-0.2, -0.15) is 0 Å². The molecule has 0 aliphatic heterocycles. The Labute approximate surface area is 182 Å². The molecule has 1 unspecified atom stereocenters. The number of benzene rings is 2. The number of aliphatic imine (C=N–C) groups is 1. The van der Waals surface area contributed by atoms with Crippen molar-refractivity contribution in [3.63, 3.8) is 0 Å². The fourth-order valence-electron chi connectivity index (χ4n) is 4.47. The quantitative estimate of drug-likeness (QED) is 0.763. The van der Waals surface area contributed by atoms with Gasteiger partial charge in [0.1, 0.15) is 11.5 Å². The number of fused-ring (bicyclic) bond motifs is 2. The van der Waals surface area contributed by atoms with Crippen LogP contribution >= 0.6 is 0 Å². The molecular weight excluding hydrogens is 390 g/mol. The zero-order valence-electron chi connectivity index (χ0n) is 18.1. The first kappa shape index (κ1) is 21.0. The third-order valence-corrected chi connectivity index (χ3v) is 6.23. The number of ketones is 1. The van der Waals surface area contributed by atoms with Crippen molar-refractivity contribution in [2.75, 3.05) is 7.11 Å². The fourth-order valence-corrected chi connectivity index (χ4v) is 4.47. The molecule has 2 aromatic rings. The van der Waals surface area contributed by atoms with Crippen molar-refractivity contribution in [1.29, 1.82) is 0 Å². The molecule has 2 aliphatic rings. The molecule has 5 nitrogen and oxygen atoms in total. The molecule has 1 atom stereocenters. The van der Waals surface area contributed by atoms with E-state index >= 15 is 0 Å². The summed E-state index contributed by atoms with van der Waals surface area (Å²) in [4.78, 5) is 30.0. The Balaban J connectivity index is 1.74. The number of methoxy groups -OCH3 is 1. The van der Waals surface area contributed by atoms with Crippen LogP contribution in [0.25, 0.3) is 5.57 Å². The lowest BCUT2D eigenvalue weighted by molar-refractivity contribution is -0.138. The maximum absolute atomic E-state index is 13.4. The summed E-state index contributed by atoms with van der Waals surface area (Å²) in [6, 6.07) is 13.9. The van der Waals surface area contributed by atoms with Crippen LogP contribution in [-0.4, -0.2) is 35.7 Å². The Hall–Kier alpha value is -3.21. The van der Waals surface area contributed by atoms with Crippen LogP contribution in [-0.2, 0) is 16.0 Å². The zero-order valence-corrected chi connectivity index (χ0v) is 18.1. The first-order chi connectivity index (χ1) is 14.8. The number of allylic oxidation sites excluding steroid dienone is 2. The number of carboxylic acid groups (broad SMARTS) is 1. The predicted molar refractivity (Wildman–Crippen MR) is 121 cm³/mol. The largest absolute Gasteiger partial charge is 0.497 e. The molecule has 0 spiro atoms. The van der Waals surface area contributed by atoms with E-state index in [0.29, 0.717) is 12.2 Å². The average molecular weight is 418 g/mol. The van der Waals surface area contributed by atoms with Crippen LogP contribution in [0.5, 0.6) is 5.75 Å². The molecule has 0 amide bonds. The van der Waals surface area contributed by atoms with Gasteiger partial charge in [-0.3, -0.25) is 9.79 Å². The predicted octanol–water partition coefficient (Wildman–Crippen LogP) is 4.73. The number of hydrogen-bond donors (Lipinski definition) is 1. The standard InChI is InChI=1S/C26H27NO4/c1-26(2)13-12-20-21(15-26)18-6-4-5-7-19(18)23(24(20)28)27-22(25(29)30)14-16-8-10-17(31-3)11-9-16/h4-11,22H,12-15H2,1-3H3,(H,29,30)/b27-23-. The summed E-state index contributed by atoms with van der Waals surface area (Å²) in [5.74, 6) is -0.457. The van der Waals surface area contributed by atoms with E-state index in [-0.39, 0.29) is 23.3 Å². The number of aliphatic carboxylic acids is 1. The third-order valence-electron chi connectivity index (χ3n) is 6.23. The smallest absolute Gasteiger partial charge is 0.328 e. The van der Waals surface area contributed by atoms with Gasteiger partial charge in [0.05, 0.1) is 7.11 Å². The second-order valence-corrected chi connectivity index (χ2v) is 9.06. The van der Waals surface area contributed by atoms with Crippen LogP contribution in [0.4, 0.5) is 0 Å². The lowest BCUT2D eigenvalue weighted by Gasteiger charge is -2.36. The summed E-state index contributed by atoms with van der Waals surface area (Å²) in [6.07, 6.45) is 2.68. The summed E-state index contributed by atoms with van der Waals surface area (Å²) in [5.41, 5.74) is 4.88. The van der Waals surface area contributed by atoms with Crippen molar-refractivity contribution in [3.05, 3.63) is 70.8 Å². The van der Waals surface area contributed by atoms with Crippen LogP contribution in [0.3, 0.4) is 0 Å². The van der Waals surface area contributed by atoms with Crippen molar-refractivity contribution in [2.45, 2.75) is 45.6 Å². The van der Waals surface area contributed by atoms with Gasteiger partial charge in [-0.25, -0.2) is 4.79 Å². The highest BCUT2D eigenvalue weighted by Crippen LogP contribution is 2.46. The van der Waals surface area contributed by atoms with E-state index in [1.165, 1.54) is 0 Å². The minimum absolute atomic E-state index is 0.120. The molecule has 31 heavy (non-hydrogen) atoms. The molecule has 160 valence electrons. The van der Waals surface area contributed by atoms with Crippen LogP contribution in [0.2, 0.25) is 0 Å². The number of carbonyl (C=O) groups is 2. The maximum atomic E-state index is 13.4. The third kappa shape index (κ3) is 4.18. The molecular formula is C26H27NO4. The highest BCUT2D eigenvalue weighted by molar-refractivity contribution is 6.54. The molecule has 0 saturated heterocycles. The minimum Gasteiger partial charge on any atom is -0.497 e. The average Bonchev–Trinajstić information content (AvgIpc) is 2.75. The molecule has 0 saturated carbocycles. The van der Waals surface area contributed by atoms with Crippen molar-refractivity contribution in [3.8, 4) is 5.75 Å². The molecule has 0 aromatic heterocycles. The number of rotatable bonds is 5. The van der Waals surface area contributed by atoms with E-state index in [0.717, 1.165) is 40.7 Å². The normalized spacial score (nSPS) is 19.6. The van der Waals surface area contributed by atoms with Gasteiger partial charge in [-0.15, -0.1) is 0 Å². The van der Waals surface area contributed by atoms with Crippen molar-refractivity contribution >= 4 is 23.0 Å². The van der Waals surface area contributed by atoms with Gasteiger partial charge in [0.2, 0.25) is 5.78 Å². The Bertz CT molecular complexity index is 1090. The molecule has 0 heterocycles. The van der Waals surface area contributed by atoms with E-state index < -0.39 is 12.0 Å². The van der Waals surface area contributed by atoms with Gasteiger partial charge in [0.25, 0.3) is 0 Å². The summed E-state index contributed by atoms with van der Waals surface area (Å²) >= 11 is 0. The molecule has 0 radical (unpaired) electrons. The number of hydrogen-bond acceptors (Lipinski definition) is 4. The number of nitrogens with zero attached hydrogens (tertiary/aromatic N) is 1. The Kier molecular flexibility index (Phi) is 5.52. The molecule has 0 bridgehead atoms.